The van der Waals surface area contributed by atoms with Gasteiger partial charge in [0.2, 0.25) is 0 Å². The van der Waals surface area contributed by atoms with E-state index in [4.69, 9.17) is 0 Å². The summed E-state index contributed by atoms with van der Waals surface area (Å²) >= 11 is 0. The van der Waals surface area contributed by atoms with Crippen molar-refractivity contribution in [2.75, 3.05) is 6.54 Å². The van der Waals surface area contributed by atoms with Gasteiger partial charge in [0.15, 0.2) is 0 Å². The van der Waals surface area contributed by atoms with Crippen LogP contribution in [0.4, 0.5) is 4.39 Å². The van der Waals surface area contributed by atoms with Gasteiger partial charge >= 0.3 is 0 Å². The zero-order valence-electron chi connectivity index (χ0n) is 11.9. The van der Waals surface area contributed by atoms with Gasteiger partial charge in [0.1, 0.15) is 6.17 Å². The second-order valence-electron chi connectivity index (χ2n) is 5.46. The molecule has 1 aliphatic rings. The van der Waals surface area contributed by atoms with E-state index in [0.29, 0.717) is 6.54 Å². The summed E-state index contributed by atoms with van der Waals surface area (Å²) in [5, 5.41) is 7.69. The average Bonchev–Trinajstić information content (AvgIpc) is 2.85. The Morgan fingerprint density at radius 3 is 2.60 bits per heavy atom. The molecule has 1 N–H and O–H groups in total. The molecule has 1 aliphatic heterocycles. The average molecular weight is 273 g/mol. The molecule has 0 spiro atoms. The quantitative estimate of drug-likeness (QED) is 0.928. The van der Waals surface area contributed by atoms with Gasteiger partial charge in [0.05, 0.1) is 11.4 Å². The number of hydrogen-bond donors (Lipinski definition) is 1. The summed E-state index contributed by atoms with van der Waals surface area (Å²) in [7, 11) is 0. The summed E-state index contributed by atoms with van der Waals surface area (Å²) in [5.74, 6) is 0. The van der Waals surface area contributed by atoms with Gasteiger partial charge < -0.3 is 5.32 Å². The highest BCUT2D eigenvalue weighted by Crippen LogP contribution is 2.17. The fraction of sp³-hybridized carbons (Fsp3) is 0.438. The van der Waals surface area contributed by atoms with E-state index in [0.717, 1.165) is 29.8 Å². The first-order valence-corrected chi connectivity index (χ1v) is 7.19. The normalized spacial score (nSPS) is 21.8. The highest BCUT2D eigenvalue weighted by molar-refractivity contribution is 5.36. The van der Waals surface area contributed by atoms with Crippen LogP contribution in [-0.2, 0) is 12.8 Å². The van der Waals surface area contributed by atoms with Crippen LogP contribution in [0.1, 0.15) is 23.7 Å². The Hall–Kier alpha value is -1.68. The highest BCUT2D eigenvalue weighted by Gasteiger charge is 2.29. The molecule has 0 saturated carbocycles. The van der Waals surface area contributed by atoms with E-state index < -0.39 is 6.17 Å². The molecular weight excluding hydrogens is 253 g/mol. The van der Waals surface area contributed by atoms with Gasteiger partial charge in [-0.1, -0.05) is 19.1 Å². The minimum Gasteiger partial charge on any atom is -0.308 e. The second-order valence-corrected chi connectivity index (χ2v) is 5.46. The highest BCUT2D eigenvalue weighted by atomic mass is 19.1. The Morgan fingerprint density at radius 1 is 1.35 bits per heavy atom. The molecule has 2 heterocycles. The van der Waals surface area contributed by atoms with Crippen LogP contribution in [-0.4, -0.2) is 28.5 Å². The maximum atomic E-state index is 13.2. The van der Waals surface area contributed by atoms with Crippen LogP contribution in [0.5, 0.6) is 0 Å². The van der Waals surface area contributed by atoms with Crippen molar-refractivity contribution in [1.82, 2.24) is 15.1 Å². The summed E-state index contributed by atoms with van der Waals surface area (Å²) in [5.41, 5.74) is 4.56. The van der Waals surface area contributed by atoms with Gasteiger partial charge in [-0.25, -0.2) is 9.07 Å². The van der Waals surface area contributed by atoms with Crippen LogP contribution in [0.2, 0.25) is 0 Å². The summed E-state index contributed by atoms with van der Waals surface area (Å²) in [6.07, 6.45) is 3.05. The summed E-state index contributed by atoms with van der Waals surface area (Å²) < 4.78 is 15.1. The standard InChI is InChI=1S/C16H20FN3/c1-3-15-11(2)10-20(19-15)13-6-4-12(5-7-13)8-16-14(17)9-18-16/h4-7,10,14,16,18H,3,8-9H2,1-2H3/t14-,16-/m0/s1. The first-order chi connectivity index (χ1) is 9.67. The minimum atomic E-state index is -0.699. The van der Waals surface area contributed by atoms with Crippen LogP contribution >= 0.6 is 0 Å². The zero-order chi connectivity index (χ0) is 14.1. The van der Waals surface area contributed by atoms with Crippen LogP contribution in [0.15, 0.2) is 30.5 Å². The van der Waals surface area contributed by atoms with Crippen molar-refractivity contribution in [2.24, 2.45) is 0 Å². The number of rotatable bonds is 4. The second kappa shape index (κ2) is 5.37. The molecule has 2 atom stereocenters. The van der Waals surface area contributed by atoms with Crippen LogP contribution in [0.3, 0.4) is 0 Å². The van der Waals surface area contributed by atoms with Gasteiger partial charge in [0, 0.05) is 18.8 Å². The van der Waals surface area contributed by atoms with E-state index in [9.17, 15) is 4.39 Å². The van der Waals surface area contributed by atoms with Gasteiger partial charge in [0.25, 0.3) is 0 Å². The lowest BCUT2D eigenvalue weighted by atomic mass is 9.96. The van der Waals surface area contributed by atoms with Crippen molar-refractivity contribution in [3.63, 3.8) is 0 Å². The van der Waals surface area contributed by atoms with Crippen molar-refractivity contribution in [3.05, 3.63) is 47.3 Å². The van der Waals surface area contributed by atoms with Crippen LogP contribution < -0.4 is 5.32 Å². The van der Waals surface area contributed by atoms with Crippen molar-refractivity contribution in [2.45, 2.75) is 38.9 Å². The van der Waals surface area contributed by atoms with Crippen molar-refractivity contribution >= 4 is 0 Å². The number of aromatic nitrogens is 2. The molecule has 0 amide bonds. The third-order valence-electron chi connectivity index (χ3n) is 4.00. The molecule has 0 radical (unpaired) electrons. The van der Waals surface area contributed by atoms with E-state index in [-0.39, 0.29) is 6.04 Å². The van der Waals surface area contributed by atoms with Gasteiger partial charge in [-0.15, -0.1) is 0 Å². The van der Waals surface area contributed by atoms with E-state index >= 15 is 0 Å². The number of nitrogens with zero attached hydrogens (tertiary/aromatic N) is 2. The minimum absolute atomic E-state index is 0.0144. The molecule has 1 aromatic carbocycles. The number of hydrogen-bond acceptors (Lipinski definition) is 2. The fourth-order valence-corrected chi connectivity index (χ4v) is 2.59. The maximum Gasteiger partial charge on any atom is 0.128 e. The molecule has 1 aromatic heterocycles. The topological polar surface area (TPSA) is 29.9 Å². The molecule has 2 aromatic rings. The maximum absolute atomic E-state index is 13.2. The molecule has 1 fully saturated rings. The molecule has 0 unspecified atom stereocenters. The van der Waals surface area contributed by atoms with E-state index in [1.807, 2.05) is 16.8 Å². The summed E-state index contributed by atoms with van der Waals surface area (Å²) in [4.78, 5) is 0. The van der Waals surface area contributed by atoms with E-state index in [2.05, 4.69) is 42.6 Å². The zero-order valence-corrected chi connectivity index (χ0v) is 11.9. The van der Waals surface area contributed by atoms with Gasteiger partial charge in [-0.2, -0.15) is 5.10 Å². The molecule has 1 saturated heterocycles. The van der Waals surface area contributed by atoms with Crippen LogP contribution in [0, 0.1) is 6.92 Å². The van der Waals surface area contributed by atoms with E-state index in [1.165, 1.54) is 5.56 Å². The number of halogens is 1. The SMILES string of the molecule is CCc1nn(-c2ccc(C[C@@H]3NC[C@@H]3F)cc2)cc1C. The van der Waals surface area contributed by atoms with Crippen molar-refractivity contribution in [3.8, 4) is 5.69 Å². The fourth-order valence-electron chi connectivity index (χ4n) is 2.59. The largest absolute Gasteiger partial charge is 0.308 e. The molecule has 4 heteroatoms. The van der Waals surface area contributed by atoms with E-state index in [1.54, 1.807) is 0 Å². The smallest absolute Gasteiger partial charge is 0.128 e. The molecule has 106 valence electrons. The van der Waals surface area contributed by atoms with Crippen molar-refractivity contribution in [1.29, 1.82) is 0 Å². The lowest BCUT2D eigenvalue weighted by molar-refractivity contribution is 0.158. The third kappa shape index (κ3) is 2.48. The Morgan fingerprint density at radius 2 is 2.10 bits per heavy atom. The Bertz CT molecular complexity index is 588. The number of aryl methyl sites for hydroxylation is 2. The van der Waals surface area contributed by atoms with Gasteiger partial charge in [-0.05, 0) is 43.0 Å². The lowest BCUT2D eigenvalue weighted by Crippen LogP contribution is -2.55. The van der Waals surface area contributed by atoms with Crippen molar-refractivity contribution < 1.29 is 4.39 Å². The Labute approximate surface area is 118 Å². The number of benzene rings is 1. The Kier molecular flexibility index (Phi) is 3.57. The Balaban J connectivity index is 1.74. The predicted molar refractivity (Wildman–Crippen MR) is 78.1 cm³/mol. The molecule has 3 nitrogen and oxygen atoms in total. The lowest BCUT2D eigenvalue weighted by Gasteiger charge is -2.32. The molecular formula is C16H20FN3. The molecule has 0 bridgehead atoms. The third-order valence-corrected chi connectivity index (χ3v) is 4.00. The van der Waals surface area contributed by atoms with Crippen LogP contribution in [0.25, 0.3) is 5.69 Å². The number of nitrogens with one attached hydrogen (secondary N) is 1. The first kappa shape index (κ1) is 13.3. The first-order valence-electron chi connectivity index (χ1n) is 7.19. The number of alkyl halides is 1. The van der Waals surface area contributed by atoms with Gasteiger partial charge in [-0.3, -0.25) is 0 Å². The summed E-state index contributed by atoms with van der Waals surface area (Å²) in [6.45, 7) is 4.69. The monoisotopic (exact) mass is 273 g/mol. The molecule has 3 rings (SSSR count). The molecule has 0 aliphatic carbocycles. The predicted octanol–water partition coefficient (Wildman–Crippen LogP) is 2.60. The molecule has 20 heavy (non-hydrogen) atoms. The summed E-state index contributed by atoms with van der Waals surface area (Å²) in [6, 6.07) is 8.20.